The van der Waals surface area contributed by atoms with Gasteiger partial charge < -0.3 is 13.7 Å². The average Bonchev–Trinajstić information content (AvgIpc) is 3.80. The number of benzene rings is 6. The third-order valence-corrected chi connectivity index (χ3v) is 9.48. The molecule has 0 amide bonds. The molecule has 10 rings (SSSR count). The molecule has 0 unspecified atom stereocenters. The fourth-order valence-corrected chi connectivity index (χ4v) is 7.39. The Hall–Kier alpha value is -6.39. The molecule has 0 aliphatic heterocycles. The summed E-state index contributed by atoms with van der Waals surface area (Å²) in [6, 6.07) is 56.6. The zero-order chi connectivity index (χ0) is 30.9. The van der Waals surface area contributed by atoms with Crippen LogP contribution in [0.15, 0.2) is 170 Å². The van der Waals surface area contributed by atoms with Crippen LogP contribution in [-0.4, -0.2) is 18.7 Å². The van der Waals surface area contributed by atoms with Crippen LogP contribution in [0, 0.1) is 0 Å². The van der Waals surface area contributed by atoms with Gasteiger partial charge in [-0.3, -0.25) is 4.98 Å². The van der Waals surface area contributed by atoms with Crippen molar-refractivity contribution in [3.8, 4) is 28.3 Å². The van der Waals surface area contributed by atoms with Gasteiger partial charge in [0, 0.05) is 62.0 Å². The molecule has 4 nitrogen and oxygen atoms in total. The van der Waals surface area contributed by atoms with E-state index in [9.17, 15) is 0 Å². The molecule has 0 atom stereocenters. The molecule has 0 saturated heterocycles. The largest absolute Gasteiger partial charge is 0.317 e. The van der Waals surface area contributed by atoms with Gasteiger partial charge >= 0.3 is 0 Å². The normalized spacial score (nSPS) is 11.8. The summed E-state index contributed by atoms with van der Waals surface area (Å²) in [6.45, 7) is 0. The van der Waals surface area contributed by atoms with Crippen molar-refractivity contribution in [2.24, 2.45) is 0 Å². The van der Waals surface area contributed by atoms with Crippen molar-refractivity contribution in [3.05, 3.63) is 170 Å². The van der Waals surface area contributed by atoms with Crippen LogP contribution < -0.4 is 0 Å². The fraction of sp³-hybridized carbons (Fsp3) is 0. The zero-order valence-corrected chi connectivity index (χ0v) is 25.5. The molecule has 4 heteroatoms. The average molecular weight is 601 g/mol. The minimum Gasteiger partial charge on any atom is -0.317 e. The summed E-state index contributed by atoms with van der Waals surface area (Å²) < 4.78 is 7.13. The summed E-state index contributed by atoms with van der Waals surface area (Å²) in [5, 5.41) is 6.13. The van der Waals surface area contributed by atoms with Crippen molar-refractivity contribution < 1.29 is 0 Å². The molecule has 47 heavy (non-hydrogen) atoms. The summed E-state index contributed by atoms with van der Waals surface area (Å²) in [6.07, 6.45) is 4.04. The molecule has 0 fully saturated rings. The van der Waals surface area contributed by atoms with Gasteiger partial charge in [0.1, 0.15) is 0 Å². The molecule has 220 valence electrons. The van der Waals surface area contributed by atoms with Gasteiger partial charge in [-0.15, -0.1) is 0 Å². The highest BCUT2D eigenvalue weighted by Crippen LogP contribution is 2.41. The van der Waals surface area contributed by atoms with Crippen molar-refractivity contribution in [1.29, 1.82) is 0 Å². The maximum Gasteiger partial charge on any atom is 0.0702 e. The Bertz CT molecular complexity index is 2770. The highest BCUT2D eigenvalue weighted by molar-refractivity contribution is 6.20. The summed E-state index contributed by atoms with van der Waals surface area (Å²) in [5.74, 6) is 0. The van der Waals surface area contributed by atoms with Crippen LogP contribution >= 0.6 is 0 Å². The van der Waals surface area contributed by atoms with Crippen LogP contribution in [0.5, 0.6) is 0 Å². The highest BCUT2D eigenvalue weighted by Gasteiger charge is 2.20. The molecular weight excluding hydrogens is 573 g/mol. The van der Waals surface area contributed by atoms with Crippen molar-refractivity contribution in [2.45, 2.75) is 0 Å². The monoisotopic (exact) mass is 600 g/mol. The third-order valence-electron chi connectivity index (χ3n) is 9.48. The summed E-state index contributed by atoms with van der Waals surface area (Å²) in [5.41, 5.74) is 11.4. The fourth-order valence-electron chi connectivity index (χ4n) is 7.39. The Kier molecular flexibility index (Phi) is 5.54. The maximum absolute atomic E-state index is 4.66. The molecule has 0 radical (unpaired) electrons. The minimum atomic E-state index is 0.964. The van der Waals surface area contributed by atoms with Gasteiger partial charge in [0.05, 0.1) is 33.3 Å². The Morgan fingerprint density at radius 1 is 0.383 bits per heavy atom. The van der Waals surface area contributed by atoms with E-state index in [1.54, 1.807) is 0 Å². The maximum atomic E-state index is 4.66. The summed E-state index contributed by atoms with van der Waals surface area (Å²) in [4.78, 5) is 4.66. The molecule has 0 aliphatic carbocycles. The van der Waals surface area contributed by atoms with Crippen molar-refractivity contribution >= 4 is 54.5 Å². The van der Waals surface area contributed by atoms with E-state index in [-0.39, 0.29) is 0 Å². The Labute approximate surface area is 271 Å². The van der Waals surface area contributed by atoms with Crippen molar-refractivity contribution in [1.82, 2.24) is 18.7 Å². The number of hydrogen-bond acceptors (Lipinski definition) is 1. The lowest BCUT2D eigenvalue weighted by Gasteiger charge is -2.11. The molecule has 0 N–H and O–H groups in total. The van der Waals surface area contributed by atoms with Crippen LogP contribution in [0.25, 0.3) is 82.8 Å². The van der Waals surface area contributed by atoms with Crippen LogP contribution in [0.4, 0.5) is 0 Å². The quantitative estimate of drug-likeness (QED) is 0.197. The number of fused-ring (bicyclic) bond motifs is 7. The zero-order valence-electron chi connectivity index (χ0n) is 25.5. The topological polar surface area (TPSA) is 27.7 Å². The first kappa shape index (κ1) is 25.9. The van der Waals surface area contributed by atoms with Crippen molar-refractivity contribution in [2.75, 3.05) is 0 Å². The SMILES string of the molecule is c1ccc(-n2ccc3cc4c(cc32)c2cc3c(cc2n4-c2cccc(-c4ccccn4)c2)c2ccccc2n3-c2ccccc2)cc1. The first-order valence-corrected chi connectivity index (χ1v) is 16.0. The number of rotatable bonds is 4. The van der Waals surface area contributed by atoms with E-state index >= 15 is 0 Å². The predicted molar refractivity (Wildman–Crippen MR) is 195 cm³/mol. The van der Waals surface area contributed by atoms with Crippen molar-refractivity contribution in [3.63, 3.8) is 0 Å². The van der Waals surface area contributed by atoms with E-state index in [4.69, 9.17) is 0 Å². The first-order chi connectivity index (χ1) is 23.3. The lowest BCUT2D eigenvalue weighted by Crippen LogP contribution is -1.95. The lowest BCUT2D eigenvalue weighted by molar-refractivity contribution is 1.13. The van der Waals surface area contributed by atoms with Gasteiger partial charge in [0.2, 0.25) is 0 Å². The van der Waals surface area contributed by atoms with Crippen LogP contribution in [0.1, 0.15) is 0 Å². The number of para-hydroxylation sites is 3. The molecular formula is C43H28N4. The number of hydrogen-bond donors (Lipinski definition) is 0. The third kappa shape index (κ3) is 3.92. The lowest BCUT2D eigenvalue weighted by atomic mass is 10.1. The van der Waals surface area contributed by atoms with E-state index in [0.29, 0.717) is 0 Å². The Morgan fingerprint density at radius 2 is 1.00 bits per heavy atom. The molecule has 0 aliphatic rings. The molecule has 4 heterocycles. The Morgan fingerprint density at radius 3 is 1.77 bits per heavy atom. The highest BCUT2D eigenvalue weighted by atomic mass is 15.0. The van der Waals surface area contributed by atoms with Gasteiger partial charge in [-0.05, 0) is 84.9 Å². The van der Waals surface area contributed by atoms with Gasteiger partial charge in [0.15, 0.2) is 0 Å². The molecule has 0 saturated carbocycles. The van der Waals surface area contributed by atoms with Gasteiger partial charge in [-0.25, -0.2) is 0 Å². The minimum absolute atomic E-state index is 0.964. The molecule has 6 aromatic carbocycles. The second-order valence-electron chi connectivity index (χ2n) is 12.1. The second kappa shape index (κ2) is 10.1. The van der Waals surface area contributed by atoms with E-state index in [1.165, 1.54) is 54.5 Å². The first-order valence-electron chi connectivity index (χ1n) is 16.0. The summed E-state index contributed by atoms with van der Waals surface area (Å²) in [7, 11) is 0. The molecule has 0 spiro atoms. The van der Waals surface area contributed by atoms with Gasteiger partial charge in [0.25, 0.3) is 0 Å². The van der Waals surface area contributed by atoms with E-state index in [2.05, 4.69) is 170 Å². The second-order valence-corrected chi connectivity index (χ2v) is 12.1. The number of nitrogens with zero attached hydrogens (tertiary/aromatic N) is 4. The predicted octanol–water partition coefficient (Wildman–Crippen LogP) is 10.9. The smallest absolute Gasteiger partial charge is 0.0702 e. The number of pyridine rings is 1. The molecule has 4 aromatic heterocycles. The van der Waals surface area contributed by atoms with Gasteiger partial charge in [-0.2, -0.15) is 0 Å². The van der Waals surface area contributed by atoms with Crippen LogP contribution in [0.2, 0.25) is 0 Å². The number of aromatic nitrogens is 4. The van der Waals surface area contributed by atoms with Crippen LogP contribution in [-0.2, 0) is 0 Å². The van der Waals surface area contributed by atoms with E-state index in [0.717, 1.165) is 28.3 Å². The van der Waals surface area contributed by atoms with Crippen LogP contribution in [0.3, 0.4) is 0 Å². The molecule has 0 bridgehead atoms. The standard InChI is InChI=1S/C43H28N4/c1-3-13-31(14-4-1)45-23-21-30-25-41-36(26-40(30)45)37-28-42-35(34-18-7-8-20-39(34)46(42)32-15-5-2-6-16-32)27-43(37)47(41)33-17-11-12-29(24-33)38-19-9-10-22-44-38/h1-28H. The van der Waals surface area contributed by atoms with Gasteiger partial charge in [-0.1, -0.05) is 72.8 Å². The summed E-state index contributed by atoms with van der Waals surface area (Å²) >= 11 is 0. The Balaban J connectivity index is 1.35. The molecule has 10 aromatic rings. The van der Waals surface area contributed by atoms with E-state index < -0.39 is 0 Å². The van der Waals surface area contributed by atoms with E-state index in [1.807, 2.05) is 18.3 Å².